The first-order chi connectivity index (χ1) is 11.9. The highest BCUT2D eigenvalue weighted by Gasteiger charge is 2.27. The van der Waals surface area contributed by atoms with Crippen LogP contribution in [0.15, 0.2) is 24.3 Å². The number of pyridine rings is 1. The Hall–Kier alpha value is -2.54. The molecule has 3 aromatic rings. The number of benzene rings is 1. The van der Waals surface area contributed by atoms with Crippen molar-refractivity contribution in [1.29, 1.82) is 5.26 Å². The van der Waals surface area contributed by atoms with Gasteiger partial charge in [0, 0.05) is 6.04 Å². The Morgan fingerprint density at radius 3 is 2.71 bits per heavy atom. The quantitative estimate of drug-likeness (QED) is 0.771. The largest absolute Gasteiger partial charge is 0.368 e. The second-order valence-corrected chi connectivity index (χ2v) is 7.03. The Kier molecular flexibility index (Phi) is 3.02. The lowest BCUT2D eigenvalue weighted by molar-refractivity contribution is 0.746. The van der Waals surface area contributed by atoms with E-state index in [1.54, 1.807) is 0 Å². The van der Waals surface area contributed by atoms with E-state index >= 15 is 0 Å². The topological polar surface area (TPSA) is 53.1 Å². The Balaban J connectivity index is 1.86. The van der Waals surface area contributed by atoms with Crippen LogP contribution < -0.4 is 5.32 Å². The molecule has 120 valence electrons. The molecule has 0 bridgehead atoms. The molecule has 2 aromatic heterocycles. The second-order valence-electron chi connectivity index (χ2n) is 7.03. The standard InChI is InChI=1S/C20H20N4/c21-12-16-14-8-5-9-15(14)19(22-13-6-1-2-7-13)24-18-11-4-3-10-17(18)23-20(16)24/h3-4,10-11,13,22H,1-2,5-9H2. The summed E-state index contributed by atoms with van der Waals surface area (Å²) >= 11 is 0. The van der Waals surface area contributed by atoms with Gasteiger partial charge in [0.05, 0.1) is 16.6 Å². The zero-order valence-electron chi connectivity index (χ0n) is 13.7. The molecule has 4 nitrogen and oxygen atoms in total. The van der Waals surface area contributed by atoms with E-state index in [-0.39, 0.29) is 0 Å². The number of imidazole rings is 1. The lowest BCUT2D eigenvalue weighted by Gasteiger charge is -2.20. The molecule has 4 heteroatoms. The van der Waals surface area contributed by atoms with E-state index in [9.17, 15) is 5.26 Å². The molecule has 24 heavy (non-hydrogen) atoms. The van der Waals surface area contributed by atoms with Gasteiger partial charge in [-0.1, -0.05) is 25.0 Å². The van der Waals surface area contributed by atoms with Crippen molar-refractivity contribution in [1.82, 2.24) is 9.38 Å². The van der Waals surface area contributed by atoms with Crippen LogP contribution in [-0.2, 0) is 12.8 Å². The van der Waals surface area contributed by atoms with Crippen LogP contribution in [0.5, 0.6) is 0 Å². The molecule has 5 rings (SSSR count). The van der Waals surface area contributed by atoms with Gasteiger partial charge in [0.15, 0.2) is 5.65 Å². The van der Waals surface area contributed by atoms with Gasteiger partial charge in [-0.3, -0.25) is 4.40 Å². The fraction of sp³-hybridized carbons (Fsp3) is 0.400. The molecule has 0 radical (unpaired) electrons. The molecule has 1 fully saturated rings. The van der Waals surface area contributed by atoms with Crippen molar-refractivity contribution < 1.29 is 0 Å². The summed E-state index contributed by atoms with van der Waals surface area (Å²) in [6, 6.07) is 11.2. The predicted octanol–water partition coefficient (Wildman–Crippen LogP) is 4.20. The van der Waals surface area contributed by atoms with Crippen LogP contribution >= 0.6 is 0 Å². The summed E-state index contributed by atoms with van der Waals surface area (Å²) in [6.07, 6.45) is 8.28. The van der Waals surface area contributed by atoms with Gasteiger partial charge in [-0.2, -0.15) is 5.26 Å². The molecular formula is C20H20N4. The summed E-state index contributed by atoms with van der Waals surface area (Å²) in [6.45, 7) is 0. The molecule has 0 saturated heterocycles. The van der Waals surface area contributed by atoms with Crippen LogP contribution in [0, 0.1) is 11.3 Å². The minimum atomic E-state index is 0.548. The van der Waals surface area contributed by atoms with Gasteiger partial charge in [-0.25, -0.2) is 4.98 Å². The molecule has 0 amide bonds. The third-order valence-electron chi connectivity index (χ3n) is 5.62. The molecule has 0 atom stereocenters. The van der Waals surface area contributed by atoms with E-state index in [0.717, 1.165) is 41.5 Å². The normalized spacial score (nSPS) is 17.5. The number of hydrogen-bond acceptors (Lipinski definition) is 3. The van der Waals surface area contributed by atoms with Crippen molar-refractivity contribution in [3.05, 3.63) is 41.0 Å². The third kappa shape index (κ3) is 1.88. The molecule has 0 unspecified atom stereocenters. The highest BCUT2D eigenvalue weighted by Crippen LogP contribution is 2.37. The molecule has 1 saturated carbocycles. The molecule has 1 N–H and O–H groups in total. The summed E-state index contributed by atoms with van der Waals surface area (Å²) in [5.74, 6) is 1.19. The van der Waals surface area contributed by atoms with Gasteiger partial charge >= 0.3 is 0 Å². The van der Waals surface area contributed by atoms with Crippen LogP contribution in [0.2, 0.25) is 0 Å². The van der Waals surface area contributed by atoms with Gasteiger partial charge in [0.2, 0.25) is 0 Å². The minimum absolute atomic E-state index is 0.548. The molecule has 2 heterocycles. The summed E-state index contributed by atoms with van der Waals surface area (Å²) in [5.41, 5.74) is 6.22. The number of nitrogens with one attached hydrogen (secondary N) is 1. The smallest absolute Gasteiger partial charge is 0.157 e. The van der Waals surface area contributed by atoms with E-state index in [4.69, 9.17) is 4.98 Å². The van der Waals surface area contributed by atoms with Crippen molar-refractivity contribution in [3.8, 4) is 6.07 Å². The first-order valence-electron chi connectivity index (χ1n) is 8.98. The number of hydrogen-bond donors (Lipinski definition) is 1. The molecule has 2 aliphatic carbocycles. The van der Waals surface area contributed by atoms with Crippen LogP contribution in [0.1, 0.15) is 48.8 Å². The van der Waals surface area contributed by atoms with Crippen molar-refractivity contribution in [2.75, 3.05) is 5.32 Å². The molecule has 0 spiro atoms. The highest BCUT2D eigenvalue weighted by atomic mass is 15.1. The van der Waals surface area contributed by atoms with E-state index < -0.39 is 0 Å². The van der Waals surface area contributed by atoms with Crippen LogP contribution in [0.25, 0.3) is 16.7 Å². The fourth-order valence-electron chi connectivity index (χ4n) is 4.50. The lowest BCUT2D eigenvalue weighted by atomic mass is 10.1. The van der Waals surface area contributed by atoms with E-state index in [1.807, 2.05) is 12.1 Å². The van der Waals surface area contributed by atoms with Gasteiger partial charge in [-0.05, 0) is 55.4 Å². The number of para-hydroxylation sites is 2. The first-order valence-corrected chi connectivity index (χ1v) is 8.98. The van der Waals surface area contributed by atoms with Gasteiger partial charge < -0.3 is 5.32 Å². The fourth-order valence-corrected chi connectivity index (χ4v) is 4.50. The number of nitrogens with zero attached hydrogens (tertiary/aromatic N) is 3. The van der Waals surface area contributed by atoms with E-state index in [2.05, 4.69) is 27.9 Å². The Morgan fingerprint density at radius 1 is 1.08 bits per heavy atom. The van der Waals surface area contributed by atoms with Crippen LogP contribution in [0.4, 0.5) is 5.82 Å². The maximum Gasteiger partial charge on any atom is 0.157 e. The first kappa shape index (κ1) is 13.9. The Labute approximate surface area is 141 Å². The average molecular weight is 316 g/mol. The second kappa shape index (κ2) is 5.24. The van der Waals surface area contributed by atoms with Crippen molar-refractivity contribution in [2.45, 2.75) is 51.0 Å². The molecular weight excluding hydrogens is 296 g/mol. The lowest BCUT2D eigenvalue weighted by Crippen LogP contribution is -2.19. The summed E-state index contributed by atoms with van der Waals surface area (Å²) in [4.78, 5) is 4.80. The average Bonchev–Trinajstić information content (AvgIpc) is 3.33. The maximum atomic E-state index is 9.78. The summed E-state index contributed by atoms with van der Waals surface area (Å²) in [7, 11) is 0. The number of nitriles is 1. The Bertz CT molecular complexity index is 986. The number of anilines is 1. The minimum Gasteiger partial charge on any atom is -0.368 e. The molecule has 1 aromatic carbocycles. The zero-order chi connectivity index (χ0) is 16.1. The summed E-state index contributed by atoms with van der Waals surface area (Å²) in [5, 5.41) is 13.6. The number of aromatic nitrogens is 2. The van der Waals surface area contributed by atoms with Crippen LogP contribution in [-0.4, -0.2) is 15.4 Å². The molecule has 0 aliphatic heterocycles. The zero-order valence-corrected chi connectivity index (χ0v) is 13.7. The van der Waals surface area contributed by atoms with Crippen LogP contribution in [0.3, 0.4) is 0 Å². The van der Waals surface area contributed by atoms with Crippen molar-refractivity contribution in [2.24, 2.45) is 0 Å². The SMILES string of the molecule is N#Cc1c2c(c(NC3CCCC3)n3c1nc1ccccc13)CCC2. The molecule has 2 aliphatic rings. The number of rotatable bonds is 2. The predicted molar refractivity (Wildman–Crippen MR) is 95.3 cm³/mol. The van der Waals surface area contributed by atoms with Crippen molar-refractivity contribution >= 4 is 22.5 Å². The van der Waals surface area contributed by atoms with E-state index in [1.165, 1.54) is 42.6 Å². The van der Waals surface area contributed by atoms with Gasteiger partial charge in [0.25, 0.3) is 0 Å². The number of fused-ring (bicyclic) bond motifs is 4. The third-order valence-corrected chi connectivity index (χ3v) is 5.62. The van der Waals surface area contributed by atoms with Gasteiger partial charge in [-0.15, -0.1) is 0 Å². The van der Waals surface area contributed by atoms with Crippen molar-refractivity contribution in [3.63, 3.8) is 0 Å². The maximum absolute atomic E-state index is 9.78. The Morgan fingerprint density at radius 2 is 1.88 bits per heavy atom. The monoisotopic (exact) mass is 316 g/mol. The summed E-state index contributed by atoms with van der Waals surface area (Å²) < 4.78 is 2.20. The highest BCUT2D eigenvalue weighted by molar-refractivity contribution is 5.86. The van der Waals surface area contributed by atoms with E-state index in [0.29, 0.717) is 6.04 Å². The van der Waals surface area contributed by atoms with Gasteiger partial charge in [0.1, 0.15) is 11.9 Å².